The number of nitrogens with zero attached hydrogens (tertiary/aromatic N) is 3. The van der Waals surface area contributed by atoms with Crippen LogP contribution in [0.1, 0.15) is 19.3 Å². The van der Waals surface area contributed by atoms with Gasteiger partial charge in [-0.2, -0.15) is 0 Å². The third-order valence-electron chi connectivity index (χ3n) is 4.50. The highest BCUT2D eigenvalue weighted by Crippen LogP contribution is 2.34. The summed E-state index contributed by atoms with van der Waals surface area (Å²) in [6.45, 7) is 1.34. The van der Waals surface area contributed by atoms with Crippen LogP contribution in [0.5, 0.6) is 0 Å². The minimum Gasteiger partial charge on any atom is -0.308 e. The summed E-state index contributed by atoms with van der Waals surface area (Å²) in [5.41, 5.74) is 0.726. The Morgan fingerprint density at radius 3 is 2.56 bits per heavy atom. The maximum atomic E-state index is 12.8. The number of anilines is 1. The fourth-order valence-corrected chi connectivity index (χ4v) is 4.47. The van der Waals surface area contributed by atoms with Crippen LogP contribution in [0.4, 0.5) is 5.13 Å². The molecule has 1 aromatic heterocycles. The summed E-state index contributed by atoms with van der Waals surface area (Å²) in [6, 6.07) is 4.92. The zero-order chi connectivity index (χ0) is 18.2. The number of aromatic nitrogens is 1. The van der Waals surface area contributed by atoms with E-state index in [9.17, 15) is 13.2 Å². The Balaban J connectivity index is 1.95. The van der Waals surface area contributed by atoms with Gasteiger partial charge < -0.3 is 4.90 Å². The zero-order valence-electron chi connectivity index (χ0n) is 14.7. The van der Waals surface area contributed by atoms with Gasteiger partial charge in [0.25, 0.3) is 0 Å². The quantitative estimate of drug-likeness (QED) is 0.768. The SMILES string of the molecule is CN(C)CCN(C(=O)C1CCC1)c1nc2ccc(S(C)(=O)=O)cc2s1. The molecule has 0 saturated heterocycles. The first-order chi connectivity index (χ1) is 11.8. The van der Waals surface area contributed by atoms with Crippen molar-refractivity contribution < 1.29 is 13.2 Å². The van der Waals surface area contributed by atoms with Gasteiger partial charge in [0.1, 0.15) is 0 Å². The van der Waals surface area contributed by atoms with Crippen LogP contribution in [-0.2, 0) is 14.6 Å². The lowest BCUT2D eigenvalue weighted by molar-refractivity contribution is -0.124. The summed E-state index contributed by atoms with van der Waals surface area (Å²) >= 11 is 1.38. The van der Waals surface area contributed by atoms with Gasteiger partial charge in [0.05, 0.1) is 15.1 Å². The molecule has 1 aliphatic carbocycles. The molecule has 1 saturated carbocycles. The molecule has 3 rings (SSSR count). The minimum atomic E-state index is -3.26. The molecule has 0 bridgehead atoms. The van der Waals surface area contributed by atoms with Crippen molar-refractivity contribution in [3.63, 3.8) is 0 Å². The standard InChI is InChI=1S/C17H23N3O3S2/c1-19(2)9-10-20(16(21)12-5-4-6-12)17-18-14-8-7-13(25(3,22)23)11-15(14)24-17/h7-8,11-12H,4-6,9-10H2,1-3H3. The topological polar surface area (TPSA) is 70.6 Å². The summed E-state index contributed by atoms with van der Waals surface area (Å²) in [5.74, 6) is 0.233. The van der Waals surface area contributed by atoms with Crippen LogP contribution in [0.15, 0.2) is 23.1 Å². The van der Waals surface area contributed by atoms with Crippen molar-refractivity contribution in [2.24, 2.45) is 5.92 Å². The number of hydrogen-bond donors (Lipinski definition) is 0. The number of sulfone groups is 1. The molecule has 25 heavy (non-hydrogen) atoms. The van der Waals surface area contributed by atoms with Crippen molar-refractivity contribution in [1.29, 1.82) is 0 Å². The van der Waals surface area contributed by atoms with Crippen LogP contribution in [0.3, 0.4) is 0 Å². The van der Waals surface area contributed by atoms with E-state index in [4.69, 9.17) is 0 Å². The lowest BCUT2D eigenvalue weighted by Crippen LogP contribution is -2.42. The number of benzene rings is 1. The van der Waals surface area contributed by atoms with E-state index in [0.717, 1.165) is 36.0 Å². The number of hydrogen-bond acceptors (Lipinski definition) is 6. The van der Waals surface area contributed by atoms with E-state index in [-0.39, 0.29) is 16.7 Å². The summed E-state index contributed by atoms with van der Waals surface area (Å²) in [6.07, 6.45) is 4.19. The summed E-state index contributed by atoms with van der Waals surface area (Å²) in [5, 5.41) is 0.652. The first-order valence-electron chi connectivity index (χ1n) is 8.32. The number of carbonyl (C=O) groups excluding carboxylic acids is 1. The Labute approximate surface area is 152 Å². The van der Waals surface area contributed by atoms with E-state index >= 15 is 0 Å². The molecule has 136 valence electrons. The molecule has 1 aliphatic rings. The Kier molecular flexibility index (Phi) is 5.13. The molecule has 0 spiro atoms. The minimum absolute atomic E-state index is 0.0979. The molecule has 0 N–H and O–H groups in total. The number of amides is 1. The van der Waals surface area contributed by atoms with E-state index in [2.05, 4.69) is 4.98 Å². The maximum Gasteiger partial charge on any atom is 0.231 e. The monoisotopic (exact) mass is 381 g/mol. The molecule has 1 heterocycles. The number of carbonyl (C=O) groups is 1. The maximum absolute atomic E-state index is 12.8. The smallest absolute Gasteiger partial charge is 0.231 e. The van der Waals surface area contributed by atoms with Crippen molar-refractivity contribution in [3.8, 4) is 0 Å². The molecule has 1 aromatic carbocycles. The van der Waals surface area contributed by atoms with Gasteiger partial charge in [-0.05, 0) is 45.1 Å². The molecular weight excluding hydrogens is 358 g/mol. The first kappa shape index (κ1) is 18.3. The van der Waals surface area contributed by atoms with Crippen LogP contribution in [-0.4, -0.2) is 57.6 Å². The van der Waals surface area contributed by atoms with Crippen molar-refractivity contribution in [1.82, 2.24) is 9.88 Å². The lowest BCUT2D eigenvalue weighted by atomic mass is 9.84. The molecule has 0 radical (unpaired) electrons. The number of rotatable bonds is 6. The molecule has 1 fully saturated rings. The van der Waals surface area contributed by atoms with Crippen LogP contribution >= 0.6 is 11.3 Å². The number of fused-ring (bicyclic) bond motifs is 1. The second-order valence-corrected chi connectivity index (χ2v) is 9.84. The fraction of sp³-hybridized carbons (Fsp3) is 0.529. The molecule has 6 nitrogen and oxygen atoms in total. The number of thiazole rings is 1. The van der Waals surface area contributed by atoms with Gasteiger partial charge in [-0.1, -0.05) is 17.8 Å². The Bertz CT molecular complexity index is 886. The molecule has 8 heteroatoms. The molecule has 1 amide bonds. The lowest BCUT2D eigenvalue weighted by Gasteiger charge is -2.30. The predicted octanol–water partition coefficient (Wildman–Crippen LogP) is 2.39. The van der Waals surface area contributed by atoms with Crippen LogP contribution in [0.2, 0.25) is 0 Å². The van der Waals surface area contributed by atoms with Gasteiger partial charge >= 0.3 is 0 Å². The Morgan fingerprint density at radius 2 is 2.00 bits per heavy atom. The fourth-order valence-electron chi connectivity index (χ4n) is 2.71. The first-order valence-corrected chi connectivity index (χ1v) is 11.0. The van der Waals surface area contributed by atoms with Crippen molar-refractivity contribution in [3.05, 3.63) is 18.2 Å². The van der Waals surface area contributed by atoms with E-state index in [1.54, 1.807) is 23.1 Å². The van der Waals surface area contributed by atoms with Gasteiger partial charge in [0, 0.05) is 25.3 Å². The van der Waals surface area contributed by atoms with Crippen LogP contribution < -0.4 is 4.90 Å². The van der Waals surface area contributed by atoms with Gasteiger partial charge in [-0.25, -0.2) is 13.4 Å². The molecule has 0 aliphatic heterocycles. The van der Waals surface area contributed by atoms with Crippen molar-refractivity contribution in [2.45, 2.75) is 24.2 Å². The van der Waals surface area contributed by atoms with Gasteiger partial charge in [-0.3, -0.25) is 9.69 Å². The highest BCUT2D eigenvalue weighted by molar-refractivity contribution is 7.90. The second kappa shape index (κ2) is 7.01. The largest absolute Gasteiger partial charge is 0.308 e. The normalized spacial score (nSPS) is 15.5. The number of likely N-dealkylation sites (N-methyl/N-ethyl adjacent to an activating group) is 1. The van der Waals surface area contributed by atoms with E-state index in [1.807, 2.05) is 19.0 Å². The molecular formula is C17H23N3O3S2. The summed E-state index contributed by atoms with van der Waals surface area (Å²) in [4.78, 5) is 21.5. The van der Waals surface area contributed by atoms with E-state index in [0.29, 0.717) is 11.7 Å². The highest BCUT2D eigenvalue weighted by atomic mass is 32.2. The van der Waals surface area contributed by atoms with Crippen molar-refractivity contribution in [2.75, 3.05) is 38.3 Å². The van der Waals surface area contributed by atoms with Gasteiger partial charge in [0.15, 0.2) is 15.0 Å². The predicted molar refractivity (Wildman–Crippen MR) is 101 cm³/mol. The van der Waals surface area contributed by atoms with Gasteiger partial charge in [0.2, 0.25) is 5.91 Å². The average molecular weight is 382 g/mol. The third-order valence-corrected chi connectivity index (χ3v) is 6.65. The van der Waals surface area contributed by atoms with Gasteiger partial charge in [-0.15, -0.1) is 0 Å². The zero-order valence-corrected chi connectivity index (χ0v) is 16.4. The Morgan fingerprint density at radius 1 is 1.28 bits per heavy atom. The highest BCUT2D eigenvalue weighted by Gasteiger charge is 2.31. The van der Waals surface area contributed by atoms with E-state index in [1.165, 1.54) is 17.6 Å². The summed E-state index contributed by atoms with van der Waals surface area (Å²) < 4.78 is 24.3. The Hall–Kier alpha value is -1.51. The molecule has 0 atom stereocenters. The molecule has 2 aromatic rings. The van der Waals surface area contributed by atoms with Crippen LogP contribution in [0.25, 0.3) is 10.2 Å². The van der Waals surface area contributed by atoms with Crippen molar-refractivity contribution >= 4 is 42.4 Å². The molecule has 0 unspecified atom stereocenters. The average Bonchev–Trinajstić information content (AvgIpc) is 2.86. The van der Waals surface area contributed by atoms with E-state index < -0.39 is 9.84 Å². The summed E-state index contributed by atoms with van der Waals surface area (Å²) in [7, 11) is 0.690. The third kappa shape index (κ3) is 4.02. The second-order valence-electron chi connectivity index (χ2n) is 6.82. The van der Waals surface area contributed by atoms with Crippen LogP contribution in [0, 0.1) is 5.92 Å².